The summed E-state index contributed by atoms with van der Waals surface area (Å²) in [6, 6.07) is 0. The maximum absolute atomic E-state index is 11.7. The van der Waals surface area contributed by atoms with Crippen LogP contribution in [0.2, 0.25) is 0 Å². The molecule has 0 N–H and O–H groups in total. The molecule has 2 nitrogen and oxygen atoms in total. The van der Waals surface area contributed by atoms with E-state index in [1.54, 1.807) is 5.37 Å². The lowest BCUT2D eigenvalue weighted by atomic mass is 10.1. The molecule has 1 atom stereocenters. The molecular formula is C15H30O2S. The Bertz CT molecular complexity index is 302. The molecule has 0 radical (unpaired) electrons. The topological polar surface area (TPSA) is 34.1 Å². The van der Waals surface area contributed by atoms with Crippen LogP contribution in [0.1, 0.15) is 78.1 Å². The first-order chi connectivity index (χ1) is 8.68. The molecule has 0 amide bonds. The smallest absolute Gasteiger partial charge is 0.198 e. The highest BCUT2D eigenvalue weighted by atomic mass is 32.2. The van der Waals surface area contributed by atoms with Crippen molar-refractivity contribution < 1.29 is 9.00 Å². The maximum Gasteiger partial charge on any atom is 0.198 e. The van der Waals surface area contributed by atoms with E-state index in [-0.39, 0.29) is 0 Å². The number of hydrogen-bond acceptors (Lipinski definition) is 2. The average molecular weight is 274 g/mol. The van der Waals surface area contributed by atoms with Crippen molar-refractivity contribution in [2.24, 2.45) is 0 Å². The lowest BCUT2D eigenvalue weighted by molar-refractivity contribution is 0.566. The van der Waals surface area contributed by atoms with Gasteiger partial charge in [0.1, 0.15) is 0 Å². The van der Waals surface area contributed by atoms with Crippen LogP contribution in [0.5, 0.6) is 0 Å². The molecule has 0 aromatic rings. The summed E-state index contributed by atoms with van der Waals surface area (Å²) in [5.41, 5.74) is 0.626. The van der Waals surface area contributed by atoms with Gasteiger partial charge in [-0.15, -0.1) is 0 Å². The minimum Gasteiger partial charge on any atom is -0.289 e. The first-order valence-corrected chi connectivity index (χ1v) is 9.34. The van der Waals surface area contributed by atoms with E-state index in [2.05, 4.69) is 6.92 Å². The summed E-state index contributed by atoms with van der Waals surface area (Å²) < 4.78 is 11.7. The lowest BCUT2D eigenvalue weighted by Gasteiger charge is -2.01. The van der Waals surface area contributed by atoms with Crippen molar-refractivity contribution in [2.45, 2.75) is 78.1 Å². The van der Waals surface area contributed by atoms with Gasteiger partial charge in [0.2, 0.25) is 0 Å². The van der Waals surface area contributed by atoms with Gasteiger partial charge in [-0.05, 0) is 18.2 Å². The van der Waals surface area contributed by atoms with Crippen LogP contribution in [-0.2, 0) is 14.3 Å². The Morgan fingerprint density at radius 2 is 1.33 bits per heavy atom. The molecular weight excluding hydrogens is 244 g/mol. The van der Waals surface area contributed by atoms with Crippen molar-refractivity contribution in [3.8, 4) is 0 Å². The highest BCUT2D eigenvalue weighted by molar-refractivity contribution is 8.12. The predicted octanol–water partition coefficient (Wildman–Crippen LogP) is 4.20. The summed E-state index contributed by atoms with van der Waals surface area (Å²) in [4.78, 5) is 10.6. The van der Waals surface area contributed by atoms with E-state index in [4.69, 9.17) is 0 Å². The molecule has 0 saturated heterocycles. The Balaban J connectivity index is 3.41. The molecule has 0 bridgehead atoms. The van der Waals surface area contributed by atoms with E-state index < -0.39 is 9.52 Å². The van der Waals surface area contributed by atoms with Crippen LogP contribution in [0.25, 0.3) is 0 Å². The minimum absolute atomic E-state index is 0.452. The number of unbranched alkanes of at least 4 members (excludes halogenated alkanes) is 9. The Hall–Kier alpha value is -0.310. The Morgan fingerprint density at radius 3 is 1.78 bits per heavy atom. The molecule has 1 unspecified atom stereocenters. The van der Waals surface area contributed by atoms with Crippen LogP contribution >= 0.6 is 0 Å². The summed E-state index contributed by atoms with van der Waals surface area (Å²) in [6.45, 7) is 4.05. The van der Waals surface area contributed by atoms with Gasteiger partial charge in [0.25, 0.3) is 0 Å². The normalized spacial score (nSPS) is 14.1. The number of rotatable bonds is 12. The Kier molecular flexibility index (Phi) is 11.6. The molecule has 0 spiro atoms. The van der Waals surface area contributed by atoms with E-state index in [0.717, 1.165) is 12.8 Å². The van der Waals surface area contributed by atoms with Crippen molar-refractivity contribution in [1.82, 2.24) is 0 Å². The fourth-order valence-electron chi connectivity index (χ4n) is 1.96. The van der Waals surface area contributed by atoms with Gasteiger partial charge >= 0.3 is 0 Å². The number of carbonyl (C=O) groups excluding carboxylic acids is 1. The third-order valence-corrected chi connectivity index (χ3v) is 5.35. The number of hydrogen-bond donors (Lipinski definition) is 0. The number of carbonyl (C=O) groups is 1. The zero-order chi connectivity index (χ0) is 13.7. The maximum atomic E-state index is 11.7. The minimum atomic E-state index is -2.28. The largest absolute Gasteiger partial charge is 0.289 e. The van der Waals surface area contributed by atoms with Gasteiger partial charge in [0, 0.05) is 15.3 Å². The van der Waals surface area contributed by atoms with E-state index >= 15 is 0 Å². The second kappa shape index (κ2) is 11.8. The second-order valence-corrected chi connectivity index (χ2v) is 7.61. The van der Waals surface area contributed by atoms with Crippen LogP contribution in [-0.4, -0.2) is 20.9 Å². The molecule has 0 fully saturated rings. The van der Waals surface area contributed by atoms with Gasteiger partial charge in [0.15, 0.2) is 5.62 Å². The molecule has 0 saturated carbocycles. The monoisotopic (exact) mass is 274 g/mol. The molecule has 18 heavy (non-hydrogen) atoms. The molecule has 0 aromatic carbocycles. The molecule has 0 aliphatic heterocycles. The highest BCUT2D eigenvalue weighted by Crippen LogP contribution is 2.10. The molecule has 0 rings (SSSR count). The van der Waals surface area contributed by atoms with Crippen LogP contribution in [0.4, 0.5) is 0 Å². The lowest BCUT2D eigenvalue weighted by Crippen LogP contribution is -2.07. The zero-order valence-corrected chi connectivity index (χ0v) is 13.0. The van der Waals surface area contributed by atoms with Crippen molar-refractivity contribution in [3.05, 3.63) is 0 Å². The summed E-state index contributed by atoms with van der Waals surface area (Å²) in [6.07, 6.45) is 12.5. The SMILES string of the molecule is CCCCCCCCCCCC=S(=O)(C=O)CC. The summed E-state index contributed by atoms with van der Waals surface area (Å²) in [5, 5.41) is 1.74. The van der Waals surface area contributed by atoms with Crippen molar-refractivity contribution in [1.29, 1.82) is 0 Å². The highest BCUT2D eigenvalue weighted by Gasteiger charge is 2.00. The van der Waals surface area contributed by atoms with Gasteiger partial charge < -0.3 is 0 Å². The predicted molar refractivity (Wildman–Crippen MR) is 83.3 cm³/mol. The molecule has 108 valence electrons. The molecule has 0 aliphatic carbocycles. The van der Waals surface area contributed by atoms with E-state index in [9.17, 15) is 9.00 Å². The van der Waals surface area contributed by atoms with Gasteiger partial charge in [-0.3, -0.25) is 9.00 Å². The van der Waals surface area contributed by atoms with Crippen LogP contribution in [0.3, 0.4) is 0 Å². The Morgan fingerprint density at radius 1 is 0.833 bits per heavy atom. The fourth-order valence-corrected chi connectivity index (χ4v) is 2.98. The van der Waals surface area contributed by atoms with Crippen LogP contribution in [0, 0.1) is 0 Å². The zero-order valence-electron chi connectivity index (χ0n) is 12.2. The summed E-state index contributed by atoms with van der Waals surface area (Å²) in [5.74, 6) is 0.452. The van der Waals surface area contributed by atoms with Crippen molar-refractivity contribution >= 4 is 20.5 Å². The third-order valence-electron chi connectivity index (χ3n) is 3.32. The van der Waals surface area contributed by atoms with Crippen LogP contribution < -0.4 is 0 Å². The van der Waals surface area contributed by atoms with E-state index in [0.29, 0.717) is 11.4 Å². The summed E-state index contributed by atoms with van der Waals surface area (Å²) >= 11 is 0. The van der Waals surface area contributed by atoms with Gasteiger partial charge in [-0.2, -0.15) is 0 Å². The Labute approximate surface area is 114 Å². The van der Waals surface area contributed by atoms with E-state index in [1.807, 2.05) is 6.92 Å². The van der Waals surface area contributed by atoms with Gasteiger partial charge in [-0.1, -0.05) is 65.2 Å². The standard InChI is InChI=1S/C15H30O2S/c1-3-5-6-7-8-9-10-11-12-13-14-18(17,4-2)15-16/h14-15H,3-13H2,1-2H3. The van der Waals surface area contributed by atoms with Gasteiger partial charge in [0.05, 0.1) is 0 Å². The molecule has 0 aliphatic rings. The fraction of sp³-hybridized carbons (Fsp3) is 0.867. The van der Waals surface area contributed by atoms with Gasteiger partial charge in [-0.25, -0.2) is 0 Å². The second-order valence-electron chi connectivity index (χ2n) is 4.95. The molecule has 0 heterocycles. The van der Waals surface area contributed by atoms with Crippen LogP contribution in [0.15, 0.2) is 0 Å². The van der Waals surface area contributed by atoms with Crippen molar-refractivity contribution in [2.75, 3.05) is 5.75 Å². The quantitative estimate of drug-likeness (QED) is 0.303. The first kappa shape index (κ1) is 17.7. The average Bonchev–Trinajstić information content (AvgIpc) is 2.40. The van der Waals surface area contributed by atoms with Crippen molar-refractivity contribution in [3.63, 3.8) is 0 Å². The van der Waals surface area contributed by atoms with E-state index in [1.165, 1.54) is 51.4 Å². The molecule has 3 heteroatoms. The molecule has 0 aromatic heterocycles. The summed E-state index contributed by atoms with van der Waals surface area (Å²) in [7, 11) is -2.28. The first-order valence-electron chi connectivity index (χ1n) is 7.48. The third kappa shape index (κ3) is 9.69.